The molecule has 0 aromatic carbocycles. The molecular weight excluding hydrogens is 302 g/mol. The SMILES string of the molecule is CC(=O)O[C@H]1C=C2C[C@@H](C(=O)O)N(C(=O)OC(C)(C)C)[C@@H]2CC1. The van der Waals surface area contributed by atoms with Crippen LogP contribution in [0.3, 0.4) is 0 Å². The number of ether oxygens (including phenoxy) is 2. The highest BCUT2D eigenvalue weighted by molar-refractivity contribution is 5.82. The van der Waals surface area contributed by atoms with Crippen molar-refractivity contribution in [3.05, 3.63) is 11.6 Å². The molecule has 23 heavy (non-hydrogen) atoms. The highest BCUT2D eigenvalue weighted by Crippen LogP contribution is 2.37. The van der Waals surface area contributed by atoms with E-state index in [9.17, 15) is 19.5 Å². The Morgan fingerprint density at radius 2 is 1.91 bits per heavy atom. The summed E-state index contributed by atoms with van der Waals surface area (Å²) in [6.45, 7) is 6.56. The van der Waals surface area contributed by atoms with Crippen LogP contribution in [-0.2, 0) is 19.1 Å². The molecule has 1 amide bonds. The average molecular weight is 325 g/mol. The van der Waals surface area contributed by atoms with Gasteiger partial charge < -0.3 is 14.6 Å². The van der Waals surface area contributed by atoms with Gasteiger partial charge in [-0.15, -0.1) is 0 Å². The summed E-state index contributed by atoms with van der Waals surface area (Å²) in [4.78, 5) is 36.3. The number of carboxylic acids is 1. The van der Waals surface area contributed by atoms with E-state index in [1.54, 1.807) is 26.8 Å². The Morgan fingerprint density at radius 1 is 1.26 bits per heavy atom. The summed E-state index contributed by atoms with van der Waals surface area (Å²) in [5.41, 5.74) is 0.127. The van der Waals surface area contributed by atoms with Crippen molar-refractivity contribution in [2.75, 3.05) is 0 Å². The Balaban J connectivity index is 2.23. The molecule has 1 aliphatic heterocycles. The number of esters is 1. The van der Waals surface area contributed by atoms with Crippen molar-refractivity contribution in [1.29, 1.82) is 0 Å². The van der Waals surface area contributed by atoms with E-state index in [2.05, 4.69) is 0 Å². The van der Waals surface area contributed by atoms with Crippen LogP contribution in [0, 0.1) is 0 Å². The summed E-state index contributed by atoms with van der Waals surface area (Å²) in [5, 5.41) is 9.43. The van der Waals surface area contributed by atoms with Crippen LogP contribution in [0.1, 0.15) is 47.0 Å². The van der Waals surface area contributed by atoms with Crippen LogP contribution >= 0.6 is 0 Å². The molecule has 1 fully saturated rings. The van der Waals surface area contributed by atoms with Gasteiger partial charge in [0.15, 0.2) is 0 Å². The predicted octanol–water partition coefficient (Wildman–Crippen LogP) is 2.10. The van der Waals surface area contributed by atoms with Crippen molar-refractivity contribution in [2.24, 2.45) is 0 Å². The third-order valence-corrected chi connectivity index (χ3v) is 3.86. The number of carbonyl (C=O) groups excluding carboxylic acids is 2. The van der Waals surface area contributed by atoms with Crippen molar-refractivity contribution in [3.63, 3.8) is 0 Å². The van der Waals surface area contributed by atoms with Crippen LogP contribution < -0.4 is 0 Å². The summed E-state index contributed by atoms with van der Waals surface area (Å²) in [6, 6.07) is -1.25. The number of likely N-dealkylation sites (tertiary alicyclic amines) is 1. The lowest BCUT2D eigenvalue weighted by molar-refractivity contribution is -0.144. The Kier molecular flexibility index (Phi) is 4.68. The number of carboxylic acid groups (broad SMARTS) is 1. The first kappa shape index (κ1) is 17.3. The maximum Gasteiger partial charge on any atom is 0.411 e. The molecule has 1 heterocycles. The van der Waals surface area contributed by atoms with Gasteiger partial charge in [0.25, 0.3) is 0 Å². The lowest BCUT2D eigenvalue weighted by Gasteiger charge is -2.33. The topological polar surface area (TPSA) is 93.1 Å². The van der Waals surface area contributed by atoms with Crippen molar-refractivity contribution in [1.82, 2.24) is 4.90 Å². The van der Waals surface area contributed by atoms with E-state index in [4.69, 9.17) is 9.47 Å². The number of fused-ring (bicyclic) bond motifs is 1. The largest absolute Gasteiger partial charge is 0.480 e. The molecule has 2 aliphatic rings. The minimum absolute atomic E-state index is 0.233. The molecule has 0 aromatic heterocycles. The smallest absolute Gasteiger partial charge is 0.411 e. The van der Waals surface area contributed by atoms with Crippen molar-refractivity contribution in [3.8, 4) is 0 Å². The summed E-state index contributed by atoms with van der Waals surface area (Å²) >= 11 is 0. The second kappa shape index (κ2) is 6.22. The fourth-order valence-corrected chi connectivity index (χ4v) is 3.08. The fraction of sp³-hybridized carbons (Fsp3) is 0.688. The Labute approximate surface area is 135 Å². The van der Waals surface area contributed by atoms with Gasteiger partial charge in [-0.25, -0.2) is 9.59 Å². The standard InChI is InChI=1S/C16H23NO6/c1-9(18)22-11-5-6-12-10(7-11)8-13(14(19)20)17(12)15(21)23-16(2,3)4/h7,11-13H,5-6,8H2,1-4H3,(H,19,20)/t11-,12-,13+/m1/s1. The molecular formula is C16H23NO6. The van der Waals surface area contributed by atoms with Gasteiger partial charge >= 0.3 is 18.0 Å². The van der Waals surface area contributed by atoms with Gasteiger partial charge in [0, 0.05) is 13.3 Å². The van der Waals surface area contributed by atoms with Gasteiger partial charge in [0.2, 0.25) is 0 Å². The first-order valence-electron chi connectivity index (χ1n) is 7.70. The van der Waals surface area contributed by atoms with E-state index in [1.807, 2.05) is 0 Å². The van der Waals surface area contributed by atoms with Crippen molar-refractivity contribution >= 4 is 18.0 Å². The quantitative estimate of drug-likeness (QED) is 0.617. The molecule has 0 saturated carbocycles. The van der Waals surface area contributed by atoms with Gasteiger partial charge in [-0.1, -0.05) is 0 Å². The Morgan fingerprint density at radius 3 is 2.43 bits per heavy atom. The van der Waals surface area contributed by atoms with Crippen LogP contribution in [0.25, 0.3) is 0 Å². The third-order valence-electron chi connectivity index (χ3n) is 3.86. The van der Waals surface area contributed by atoms with Crippen LogP contribution in [0.15, 0.2) is 11.6 Å². The fourth-order valence-electron chi connectivity index (χ4n) is 3.08. The predicted molar refractivity (Wildman–Crippen MR) is 80.8 cm³/mol. The summed E-state index contributed by atoms with van der Waals surface area (Å²) in [6.07, 6.45) is 2.13. The van der Waals surface area contributed by atoms with Gasteiger partial charge in [-0.05, 0) is 45.3 Å². The number of hydrogen-bond acceptors (Lipinski definition) is 5. The monoisotopic (exact) mass is 325 g/mol. The third kappa shape index (κ3) is 4.03. The minimum atomic E-state index is -1.06. The van der Waals surface area contributed by atoms with E-state index in [1.165, 1.54) is 11.8 Å². The van der Waals surface area contributed by atoms with E-state index >= 15 is 0 Å². The lowest BCUT2D eigenvalue weighted by Crippen LogP contribution is -2.48. The van der Waals surface area contributed by atoms with Gasteiger partial charge in [-0.2, -0.15) is 0 Å². The molecule has 128 valence electrons. The number of rotatable bonds is 2. The van der Waals surface area contributed by atoms with E-state index in [0.29, 0.717) is 12.8 Å². The summed E-state index contributed by atoms with van der Waals surface area (Å²) in [5.74, 6) is -1.43. The summed E-state index contributed by atoms with van der Waals surface area (Å²) < 4.78 is 10.5. The molecule has 0 unspecified atom stereocenters. The molecule has 0 spiro atoms. The molecule has 3 atom stereocenters. The van der Waals surface area contributed by atoms with E-state index in [-0.39, 0.29) is 24.5 Å². The number of nitrogens with zero attached hydrogens (tertiary/aromatic N) is 1. The number of carbonyl (C=O) groups is 3. The molecule has 1 N–H and O–H groups in total. The molecule has 1 saturated heterocycles. The highest BCUT2D eigenvalue weighted by atomic mass is 16.6. The van der Waals surface area contributed by atoms with Crippen LogP contribution in [0.2, 0.25) is 0 Å². The number of hydrogen-bond donors (Lipinski definition) is 1. The maximum atomic E-state index is 12.4. The molecule has 2 rings (SSSR count). The maximum absolute atomic E-state index is 12.4. The summed E-state index contributed by atoms with van der Waals surface area (Å²) in [7, 11) is 0. The first-order valence-corrected chi connectivity index (χ1v) is 7.70. The van der Waals surface area contributed by atoms with Crippen LogP contribution in [0.5, 0.6) is 0 Å². The molecule has 0 bridgehead atoms. The molecule has 0 aromatic rings. The first-order chi connectivity index (χ1) is 10.6. The van der Waals surface area contributed by atoms with Crippen LogP contribution in [-0.4, -0.2) is 51.8 Å². The average Bonchev–Trinajstić information content (AvgIpc) is 2.74. The lowest BCUT2D eigenvalue weighted by atomic mass is 9.92. The van der Waals surface area contributed by atoms with E-state index in [0.717, 1.165) is 5.57 Å². The second-order valence-corrected chi connectivity index (χ2v) is 6.93. The Bertz CT molecular complexity index is 547. The zero-order valence-corrected chi connectivity index (χ0v) is 13.9. The zero-order valence-electron chi connectivity index (χ0n) is 13.9. The van der Waals surface area contributed by atoms with Gasteiger partial charge in [0.1, 0.15) is 17.7 Å². The number of aliphatic carboxylic acids is 1. The highest BCUT2D eigenvalue weighted by Gasteiger charge is 2.47. The zero-order chi connectivity index (χ0) is 17.4. The molecule has 1 aliphatic carbocycles. The Hall–Kier alpha value is -2.05. The molecule has 0 radical (unpaired) electrons. The minimum Gasteiger partial charge on any atom is -0.480 e. The molecule has 7 nitrogen and oxygen atoms in total. The molecule has 7 heteroatoms. The van der Waals surface area contributed by atoms with Crippen molar-refractivity contribution in [2.45, 2.75) is 70.7 Å². The second-order valence-electron chi connectivity index (χ2n) is 6.93. The van der Waals surface area contributed by atoms with Crippen molar-refractivity contribution < 1.29 is 29.0 Å². The van der Waals surface area contributed by atoms with E-state index < -0.39 is 23.7 Å². The normalized spacial score (nSPS) is 27.0. The van der Waals surface area contributed by atoms with Gasteiger partial charge in [0.05, 0.1) is 6.04 Å². The number of amides is 1. The van der Waals surface area contributed by atoms with Gasteiger partial charge in [-0.3, -0.25) is 9.69 Å². The van der Waals surface area contributed by atoms with Crippen LogP contribution in [0.4, 0.5) is 4.79 Å².